The van der Waals surface area contributed by atoms with E-state index in [1.807, 2.05) is 0 Å². The van der Waals surface area contributed by atoms with Gasteiger partial charge in [-0.3, -0.25) is 10.2 Å². The highest BCUT2D eigenvalue weighted by atomic mass is 16.5. The Bertz CT molecular complexity index is 219. The van der Waals surface area contributed by atoms with Gasteiger partial charge < -0.3 is 15.8 Å². The largest absolute Gasteiger partial charge is 0.466 e. The molecule has 0 saturated heterocycles. The Labute approximate surface area is 97.2 Å². The van der Waals surface area contributed by atoms with E-state index >= 15 is 0 Å². The normalized spacial score (nSPS) is 11.9. The van der Waals surface area contributed by atoms with E-state index < -0.39 is 0 Å². The first-order chi connectivity index (χ1) is 7.56. The fourth-order valence-corrected chi connectivity index (χ4v) is 1.34. The minimum atomic E-state index is -0.219. The Kier molecular flexibility index (Phi) is 8.52. The molecule has 0 aromatic carbocycles. The molecular weight excluding hydrogens is 206 g/mol. The van der Waals surface area contributed by atoms with Crippen LogP contribution in [0.25, 0.3) is 0 Å². The molecule has 0 bridgehead atoms. The van der Waals surface area contributed by atoms with E-state index in [4.69, 9.17) is 15.9 Å². The van der Waals surface area contributed by atoms with Crippen LogP contribution in [0.15, 0.2) is 0 Å². The number of carbonyl (C=O) groups excluding carboxylic acids is 1. The van der Waals surface area contributed by atoms with Crippen molar-refractivity contribution >= 4 is 11.8 Å². The van der Waals surface area contributed by atoms with Crippen molar-refractivity contribution in [1.82, 2.24) is 5.32 Å². The molecule has 5 nitrogen and oxygen atoms in total. The summed E-state index contributed by atoms with van der Waals surface area (Å²) in [6.45, 7) is 4.71. The number of nitrogens with one attached hydrogen (secondary N) is 2. The monoisotopic (exact) mass is 229 g/mol. The number of hydrogen-bond acceptors (Lipinski definition) is 4. The predicted molar refractivity (Wildman–Crippen MR) is 64.5 cm³/mol. The van der Waals surface area contributed by atoms with Crippen LogP contribution < -0.4 is 11.1 Å². The molecule has 0 saturated carbocycles. The first-order valence-corrected chi connectivity index (χ1v) is 5.76. The fraction of sp³-hybridized carbons (Fsp3) is 0.818. The molecule has 94 valence electrons. The number of unbranched alkanes of at least 4 members (excludes halogenated alkanes) is 1. The molecule has 0 fully saturated rings. The smallest absolute Gasteiger partial charge is 0.307 e. The van der Waals surface area contributed by atoms with E-state index in [1.165, 1.54) is 0 Å². The molecule has 0 unspecified atom stereocenters. The Balaban J connectivity index is 3.39. The van der Waals surface area contributed by atoms with Crippen molar-refractivity contribution < 1.29 is 9.53 Å². The summed E-state index contributed by atoms with van der Waals surface area (Å²) >= 11 is 0. The molecule has 16 heavy (non-hydrogen) atoms. The van der Waals surface area contributed by atoms with Gasteiger partial charge in [-0.15, -0.1) is 0 Å². The number of amidine groups is 1. The average Bonchev–Trinajstić information content (AvgIpc) is 2.16. The third-order valence-corrected chi connectivity index (χ3v) is 2.13. The van der Waals surface area contributed by atoms with Crippen LogP contribution in [0.3, 0.4) is 0 Å². The first-order valence-electron chi connectivity index (χ1n) is 5.76. The van der Waals surface area contributed by atoms with Crippen LogP contribution in [0.4, 0.5) is 0 Å². The van der Waals surface area contributed by atoms with Crippen molar-refractivity contribution in [1.29, 1.82) is 5.41 Å². The Morgan fingerprint density at radius 1 is 1.50 bits per heavy atom. The second-order valence-electron chi connectivity index (χ2n) is 3.82. The van der Waals surface area contributed by atoms with Crippen LogP contribution in [0.1, 0.15) is 39.5 Å². The van der Waals surface area contributed by atoms with Gasteiger partial charge in [-0.2, -0.15) is 0 Å². The standard InChI is InChI=1S/C11H23N3O2/c1-3-16-11(15)8-10(13)6-4-5-7-14-9(2)12/h10H,3-8,13H2,1-2H3,(H2,12,14)/t10-/m0/s1. The summed E-state index contributed by atoms with van der Waals surface area (Å²) < 4.78 is 4.81. The maximum atomic E-state index is 11.1. The van der Waals surface area contributed by atoms with Crippen LogP contribution >= 0.6 is 0 Å². The van der Waals surface area contributed by atoms with Gasteiger partial charge in [0.15, 0.2) is 0 Å². The lowest BCUT2D eigenvalue weighted by molar-refractivity contribution is -0.143. The molecule has 0 aliphatic rings. The Hall–Kier alpha value is -1.10. The van der Waals surface area contributed by atoms with Gasteiger partial charge >= 0.3 is 5.97 Å². The van der Waals surface area contributed by atoms with Crippen molar-refractivity contribution in [3.8, 4) is 0 Å². The summed E-state index contributed by atoms with van der Waals surface area (Å²) in [6, 6.07) is -0.111. The third kappa shape index (κ3) is 9.45. The second-order valence-corrected chi connectivity index (χ2v) is 3.82. The zero-order chi connectivity index (χ0) is 12.4. The van der Waals surface area contributed by atoms with Crippen LogP contribution in [0, 0.1) is 5.41 Å². The number of hydrogen-bond donors (Lipinski definition) is 3. The molecular formula is C11H23N3O2. The van der Waals surface area contributed by atoms with Crippen LogP contribution in [-0.2, 0) is 9.53 Å². The van der Waals surface area contributed by atoms with Crippen LogP contribution in [0.2, 0.25) is 0 Å². The zero-order valence-electron chi connectivity index (χ0n) is 10.2. The van der Waals surface area contributed by atoms with Crippen molar-refractivity contribution in [2.24, 2.45) is 5.73 Å². The lowest BCUT2D eigenvalue weighted by Gasteiger charge is -2.10. The quantitative estimate of drug-likeness (QED) is 0.251. The number of carbonyl (C=O) groups is 1. The summed E-state index contributed by atoms with van der Waals surface area (Å²) in [5.74, 6) is 0.263. The highest BCUT2D eigenvalue weighted by molar-refractivity contribution is 5.75. The number of rotatable bonds is 8. The van der Waals surface area contributed by atoms with E-state index in [9.17, 15) is 4.79 Å². The number of esters is 1. The van der Waals surface area contributed by atoms with Crippen molar-refractivity contribution in [2.45, 2.75) is 45.6 Å². The molecule has 0 radical (unpaired) electrons. The summed E-state index contributed by atoms with van der Waals surface area (Å²) in [6.07, 6.45) is 3.04. The summed E-state index contributed by atoms with van der Waals surface area (Å²) in [5, 5.41) is 10.1. The van der Waals surface area contributed by atoms with Gasteiger partial charge in [-0.25, -0.2) is 0 Å². The maximum Gasteiger partial charge on any atom is 0.307 e. The van der Waals surface area contributed by atoms with E-state index in [2.05, 4.69) is 5.32 Å². The van der Waals surface area contributed by atoms with Crippen LogP contribution in [0.5, 0.6) is 0 Å². The second kappa shape index (κ2) is 9.15. The highest BCUT2D eigenvalue weighted by Gasteiger charge is 2.09. The van der Waals surface area contributed by atoms with E-state index in [0.29, 0.717) is 18.9 Å². The lowest BCUT2D eigenvalue weighted by atomic mass is 10.1. The van der Waals surface area contributed by atoms with Crippen molar-refractivity contribution in [2.75, 3.05) is 13.2 Å². The van der Waals surface area contributed by atoms with Gasteiger partial charge in [0.25, 0.3) is 0 Å². The van der Waals surface area contributed by atoms with Gasteiger partial charge in [0.05, 0.1) is 18.9 Å². The topological polar surface area (TPSA) is 88.2 Å². The summed E-state index contributed by atoms with van der Waals surface area (Å²) in [7, 11) is 0. The molecule has 1 atom stereocenters. The molecule has 0 rings (SSSR count). The Morgan fingerprint density at radius 2 is 2.19 bits per heavy atom. The summed E-state index contributed by atoms with van der Waals surface area (Å²) in [4.78, 5) is 11.1. The maximum absolute atomic E-state index is 11.1. The predicted octanol–water partition coefficient (Wildman–Crippen LogP) is 1.02. The van der Waals surface area contributed by atoms with Gasteiger partial charge in [0, 0.05) is 12.6 Å². The molecule has 5 heteroatoms. The molecule has 0 aliphatic carbocycles. The van der Waals surface area contributed by atoms with Crippen LogP contribution in [-0.4, -0.2) is 31.0 Å². The fourth-order valence-electron chi connectivity index (χ4n) is 1.34. The molecule has 0 aliphatic heterocycles. The van der Waals surface area contributed by atoms with E-state index in [0.717, 1.165) is 25.8 Å². The van der Waals surface area contributed by atoms with Crippen molar-refractivity contribution in [3.05, 3.63) is 0 Å². The molecule has 4 N–H and O–H groups in total. The highest BCUT2D eigenvalue weighted by Crippen LogP contribution is 2.03. The molecule has 0 spiro atoms. The summed E-state index contributed by atoms with van der Waals surface area (Å²) in [5.41, 5.74) is 5.78. The first kappa shape index (κ1) is 14.9. The van der Waals surface area contributed by atoms with Gasteiger partial charge in [0.1, 0.15) is 0 Å². The van der Waals surface area contributed by atoms with E-state index in [-0.39, 0.29) is 12.0 Å². The zero-order valence-corrected chi connectivity index (χ0v) is 10.2. The molecule has 0 aromatic heterocycles. The number of nitrogens with two attached hydrogens (primary N) is 1. The SMILES string of the molecule is CCOC(=O)C[C@@H](N)CCCCNC(C)=N. The Morgan fingerprint density at radius 3 is 2.75 bits per heavy atom. The van der Waals surface area contributed by atoms with Gasteiger partial charge in [-0.05, 0) is 26.7 Å². The number of ether oxygens (including phenoxy) is 1. The minimum Gasteiger partial charge on any atom is -0.466 e. The molecule has 0 heterocycles. The molecule has 0 aromatic rings. The van der Waals surface area contributed by atoms with Gasteiger partial charge in [0.2, 0.25) is 0 Å². The molecule has 0 amide bonds. The minimum absolute atomic E-state index is 0.111. The third-order valence-electron chi connectivity index (χ3n) is 2.13. The van der Waals surface area contributed by atoms with Crippen molar-refractivity contribution in [3.63, 3.8) is 0 Å². The lowest BCUT2D eigenvalue weighted by Crippen LogP contribution is -2.25. The average molecular weight is 229 g/mol. The van der Waals surface area contributed by atoms with E-state index in [1.54, 1.807) is 13.8 Å². The van der Waals surface area contributed by atoms with Gasteiger partial charge in [-0.1, -0.05) is 6.42 Å².